The summed E-state index contributed by atoms with van der Waals surface area (Å²) >= 11 is 6.03. The zero-order valence-electron chi connectivity index (χ0n) is 11.4. The zero-order valence-corrected chi connectivity index (χ0v) is 12.1. The van der Waals surface area contributed by atoms with Crippen molar-refractivity contribution in [2.75, 3.05) is 6.54 Å². The number of nitrogens with one attached hydrogen (secondary N) is 1. The van der Waals surface area contributed by atoms with Crippen molar-refractivity contribution in [2.24, 2.45) is 5.92 Å². The van der Waals surface area contributed by atoms with Gasteiger partial charge < -0.3 is 5.32 Å². The predicted octanol–water partition coefficient (Wildman–Crippen LogP) is 2.37. The van der Waals surface area contributed by atoms with Crippen molar-refractivity contribution < 1.29 is 0 Å². The Morgan fingerprint density at radius 1 is 1.37 bits per heavy atom. The molecular weight excluding hydrogens is 262 g/mol. The third-order valence-corrected chi connectivity index (χ3v) is 3.00. The molecule has 0 aliphatic carbocycles. The van der Waals surface area contributed by atoms with Gasteiger partial charge in [0.2, 0.25) is 0 Å². The zero-order chi connectivity index (χ0) is 13.8. The fraction of sp³-hybridized carbons (Fsp3) is 0.462. The molecule has 0 aliphatic rings. The molecule has 19 heavy (non-hydrogen) atoms. The van der Waals surface area contributed by atoms with Gasteiger partial charge in [-0.2, -0.15) is 4.68 Å². The molecule has 1 aromatic carbocycles. The highest BCUT2D eigenvalue weighted by atomic mass is 35.5. The monoisotopic (exact) mass is 279 g/mol. The number of hydrogen-bond donors (Lipinski definition) is 1. The molecule has 6 heteroatoms. The molecule has 0 saturated heterocycles. The van der Waals surface area contributed by atoms with E-state index in [0.717, 1.165) is 23.6 Å². The third-order valence-electron chi connectivity index (χ3n) is 2.77. The lowest BCUT2D eigenvalue weighted by molar-refractivity contribution is 0.537. The largest absolute Gasteiger partial charge is 0.310 e. The summed E-state index contributed by atoms with van der Waals surface area (Å²) in [5, 5.41) is 15.9. The molecule has 2 rings (SSSR count). The molecule has 2 aromatic rings. The van der Waals surface area contributed by atoms with E-state index in [0.29, 0.717) is 17.5 Å². The molecule has 0 spiro atoms. The van der Waals surface area contributed by atoms with Gasteiger partial charge in [-0.3, -0.25) is 0 Å². The predicted molar refractivity (Wildman–Crippen MR) is 75.4 cm³/mol. The van der Waals surface area contributed by atoms with Crippen LogP contribution < -0.4 is 5.32 Å². The second-order valence-corrected chi connectivity index (χ2v) is 5.40. The first-order valence-corrected chi connectivity index (χ1v) is 6.70. The SMILES string of the molecule is Cc1ccc(Cl)cc1-n1nnnc1CNCC(C)C. The first-order valence-electron chi connectivity index (χ1n) is 6.32. The van der Waals surface area contributed by atoms with E-state index in [-0.39, 0.29) is 0 Å². The molecule has 1 heterocycles. The van der Waals surface area contributed by atoms with Crippen LogP contribution in [0.25, 0.3) is 5.69 Å². The van der Waals surface area contributed by atoms with Crippen molar-refractivity contribution in [3.8, 4) is 5.69 Å². The van der Waals surface area contributed by atoms with Crippen molar-refractivity contribution in [3.05, 3.63) is 34.6 Å². The van der Waals surface area contributed by atoms with Gasteiger partial charge in [-0.05, 0) is 47.5 Å². The standard InChI is InChI=1S/C13H18ClN5/c1-9(2)7-15-8-13-16-17-18-19(13)12-6-11(14)5-4-10(12)3/h4-6,9,15H,7-8H2,1-3H3. The van der Waals surface area contributed by atoms with E-state index in [1.807, 2.05) is 25.1 Å². The Morgan fingerprint density at radius 3 is 2.89 bits per heavy atom. The van der Waals surface area contributed by atoms with Crippen molar-refractivity contribution >= 4 is 11.6 Å². The molecule has 0 aliphatic heterocycles. The maximum Gasteiger partial charge on any atom is 0.170 e. The summed E-state index contributed by atoms with van der Waals surface area (Å²) in [5.41, 5.74) is 2.00. The van der Waals surface area contributed by atoms with E-state index in [2.05, 4.69) is 34.7 Å². The van der Waals surface area contributed by atoms with E-state index in [9.17, 15) is 0 Å². The average Bonchev–Trinajstić information content (AvgIpc) is 2.80. The maximum atomic E-state index is 6.03. The van der Waals surface area contributed by atoms with Gasteiger partial charge in [-0.1, -0.05) is 31.5 Å². The number of nitrogens with zero attached hydrogens (tertiary/aromatic N) is 4. The van der Waals surface area contributed by atoms with Crippen LogP contribution >= 0.6 is 11.6 Å². The van der Waals surface area contributed by atoms with Crippen molar-refractivity contribution in [3.63, 3.8) is 0 Å². The lowest BCUT2D eigenvalue weighted by Gasteiger charge is -2.10. The van der Waals surface area contributed by atoms with Gasteiger partial charge in [0.05, 0.1) is 12.2 Å². The van der Waals surface area contributed by atoms with Gasteiger partial charge in [-0.15, -0.1) is 5.10 Å². The van der Waals surface area contributed by atoms with Crippen molar-refractivity contribution in [2.45, 2.75) is 27.3 Å². The fourth-order valence-corrected chi connectivity index (χ4v) is 1.95. The molecule has 0 amide bonds. The molecular formula is C13H18ClN5. The van der Waals surface area contributed by atoms with Crippen molar-refractivity contribution in [1.82, 2.24) is 25.5 Å². The van der Waals surface area contributed by atoms with Gasteiger partial charge in [0.25, 0.3) is 0 Å². The minimum absolute atomic E-state index is 0.595. The smallest absolute Gasteiger partial charge is 0.170 e. The number of hydrogen-bond acceptors (Lipinski definition) is 4. The first kappa shape index (κ1) is 14.0. The van der Waals surface area contributed by atoms with E-state index in [1.54, 1.807) is 4.68 Å². The molecule has 0 fully saturated rings. The molecule has 102 valence electrons. The third kappa shape index (κ3) is 3.52. The lowest BCUT2D eigenvalue weighted by Crippen LogP contribution is -2.21. The Morgan fingerprint density at radius 2 is 2.16 bits per heavy atom. The van der Waals surface area contributed by atoms with E-state index >= 15 is 0 Å². The molecule has 1 aromatic heterocycles. The van der Waals surface area contributed by atoms with E-state index in [1.165, 1.54) is 0 Å². The van der Waals surface area contributed by atoms with E-state index in [4.69, 9.17) is 11.6 Å². The second-order valence-electron chi connectivity index (χ2n) is 4.96. The summed E-state index contributed by atoms with van der Waals surface area (Å²) in [6, 6.07) is 5.70. The quantitative estimate of drug-likeness (QED) is 0.913. The molecule has 0 saturated carbocycles. The lowest BCUT2D eigenvalue weighted by atomic mass is 10.2. The van der Waals surface area contributed by atoms with Gasteiger partial charge in [0, 0.05) is 5.02 Å². The summed E-state index contributed by atoms with van der Waals surface area (Å²) < 4.78 is 1.73. The Bertz CT molecular complexity index is 550. The van der Waals surface area contributed by atoms with Crippen LogP contribution in [0.3, 0.4) is 0 Å². The van der Waals surface area contributed by atoms with Gasteiger partial charge in [-0.25, -0.2) is 0 Å². The minimum atomic E-state index is 0.595. The van der Waals surface area contributed by atoms with Crippen LogP contribution in [-0.4, -0.2) is 26.8 Å². The molecule has 0 bridgehead atoms. The van der Waals surface area contributed by atoms with Crippen LogP contribution in [0.2, 0.25) is 5.02 Å². The number of halogens is 1. The Hall–Kier alpha value is -1.46. The van der Waals surface area contributed by atoms with Crippen LogP contribution in [0.1, 0.15) is 25.2 Å². The van der Waals surface area contributed by atoms with E-state index < -0.39 is 0 Å². The summed E-state index contributed by atoms with van der Waals surface area (Å²) in [4.78, 5) is 0. The number of tetrazole rings is 1. The van der Waals surface area contributed by atoms with Crippen LogP contribution in [0, 0.1) is 12.8 Å². The molecule has 0 radical (unpaired) electrons. The number of aryl methyl sites for hydroxylation is 1. The molecule has 0 unspecified atom stereocenters. The summed E-state index contributed by atoms with van der Waals surface area (Å²) in [7, 11) is 0. The maximum absolute atomic E-state index is 6.03. The number of rotatable bonds is 5. The van der Waals surface area contributed by atoms with Crippen LogP contribution in [0.4, 0.5) is 0 Å². The molecule has 0 atom stereocenters. The van der Waals surface area contributed by atoms with Crippen LogP contribution in [-0.2, 0) is 6.54 Å². The second kappa shape index (κ2) is 6.12. The van der Waals surface area contributed by atoms with Gasteiger partial charge >= 0.3 is 0 Å². The normalized spacial score (nSPS) is 11.2. The van der Waals surface area contributed by atoms with Gasteiger partial charge in [0.15, 0.2) is 5.82 Å². The Balaban J connectivity index is 2.21. The summed E-state index contributed by atoms with van der Waals surface area (Å²) in [5.74, 6) is 1.38. The first-order chi connectivity index (χ1) is 9.08. The average molecular weight is 280 g/mol. The topological polar surface area (TPSA) is 55.6 Å². The summed E-state index contributed by atoms with van der Waals surface area (Å²) in [6.07, 6.45) is 0. The van der Waals surface area contributed by atoms with Gasteiger partial charge in [0.1, 0.15) is 0 Å². The summed E-state index contributed by atoms with van der Waals surface area (Å²) in [6.45, 7) is 7.91. The Labute approximate surface area is 118 Å². The fourth-order valence-electron chi connectivity index (χ4n) is 1.79. The van der Waals surface area contributed by atoms with Crippen LogP contribution in [0.5, 0.6) is 0 Å². The highest BCUT2D eigenvalue weighted by Gasteiger charge is 2.10. The highest BCUT2D eigenvalue weighted by molar-refractivity contribution is 6.30. The van der Waals surface area contributed by atoms with Crippen LogP contribution in [0.15, 0.2) is 18.2 Å². The number of benzene rings is 1. The minimum Gasteiger partial charge on any atom is -0.310 e. The Kier molecular flexibility index (Phi) is 4.50. The number of aromatic nitrogens is 4. The molecule has 1 N–H and O–H groups in total. The van der Waals surface area contributed by atoms with Crippen molar-refractivity contribution in [1.29, 1.82) is 0 Å². The molecule has 5 nitrogen and oxygen atoms in total. The highest BCUT2D eigenvalue weighted by Crippen LogP contribution is 2.19.